The number of rotatable bonds is 4. The molecule has 0 fully saturated rings. The molecule has 0 aliphatic carbocycles. The van der Waals surface area contributed by atoms with Crippen LogP contribution in [-0.4, -0.2) is 22.4 Å². The number of nitrogens with zero attached hydrogens (tertiary/aromatic N) is 1. The zero-order valence-corrected chi connectivity index (χ0v) is 10.5. The smallest absolute Gasteiger partial charge is 0.236 e. The second kappa shape index (κ2) is 5.32. The number of thiazole rings is 1. The van der Waals surface area contributed by atoms with Gasteiger partial charge in [-0.3, -0.25) is 4.79 Å². The fourth-order valence-electron chi connectivity index (χ4n) is 1.28. The molecule has 1 N–H and O–H groups in total. The van der Waals surface area contributed by atoms with Gasteiger partial charge in [-0.2, -0.15) is 11.8 Å². The number of para-hydroxylation sites is 1. The molecular weight excluding hydrogens is 240 g/mol. The summed E-state index contributed by atoms with van der Waals surface area (Å²) in [6.07, 6.45) is 0. The van der Waals surface area contributed by atoms with Gasteiger partial charge in [-0.05, 0) is 17.9 Å². The molecule has 1 aromatic heterocycles. The largest absolute Gasteiger partial charge is 0.301 e. The van der Waals surface area contributed by atoms with E-state index in [1.807, 2.05) is 31.2 Å². The minimum Gasteiger partial charge on any atom is -0.301 e. The standard InChI is InChI=1S/C11H12N2OS2/c1-2-15-7-10(14)13-11-12-8-5-3-4-6-9(8)16-11/h3-6H,2,7H2,1H3,(H,12,13,14). The van der Waals surface area contributed by atoms with Crippen molar-refractivity contribution in [1.82, 2.24) is 4.98 Å². The average molecular weight is 252 g/mol. The Morgan fingerprint density at radius 1 is 1.50 bits per heavy atom. The van der Waals surface area contributed by atoms with Crippen LogP contribution in [0.2, 0.25) is 0 Å². The Labute approximate surface area is 102 Å². The summed E-state index contributed by atoms with van der Waals surface area (Å²) in [7, 11) is 0. The molecule has 0 atom stereocenters. The van der Waals surface area contributed by atoms with Crippen LogP contribution in [-0.2, 0) is 4.79 Å². The van der Waals surface area contributed by atoms with E-state index in [1.54, 1.807) is 11.8 Å². The fourth-order valence-corrected chi connectivity index (χ4v) is 2.62. The van der Waals surface area contributed by atoms with E-state index in [-0.39, 0.29) is 5.91 Å². The van der Waals surface area contributed by atoms with Gasteiger partial charge in [-0.1, -0.05) is 30.4 Å². The summed E-state index contributed by atoms with van der Waals surface area (Å²) in [6.45, 7) is 2.04. The van der Waals surface area contributed by atoms with Crippen LogP contribution in [0.4, 0.5) is 5.13 Å². The van der Waals surface area contributed by atoms with E-state index in [0.29, 0.717) is 10.9 Å². The normalized spacial score (nSPS) is 10.6. The molecule has 0 spiro atoms. The third kappa shape index (κ3) is 2.74. The van der Waals surface area contributed by atoms with Gasteiger partial charge in [0.15, 0.2) is 5.13 Å². The topological polar surface area (TPSA) is 42.0 Å². The maximum atomic E-state index is 11.5. The SMILES string of the molecule is CCSCC(=O)Nc1nc2ccccc2s1. The highest BCUT2D eigenvalue weighted by Crippen LogP contribution is 2.25. The summed E-state index contributed by atoms with van der Waals surface area (Å²) in [4.78, 5) is 15.8. The third-order valence-corrected chi connectivity index (χ3v) is 3.80. The molecule has 16 heavy (non-hydrogen) atoms. The number of nitrogens with one attached hydrogen (secondary N) is 1. The Balaban J connectivity index is 2.07. The van der Waals surface area contributed by atoms with Gasteiger partial charge >= 0.3 is 0 Å². The first-order chi connectivity index (χ1) is 7.79. The number of hydrogen-bond acceptors (Lipinski definition) is 4. The predicted octanol–water partition coefficient (Wildman–Crippen LogP) is 2.99. The summed E-state index contributed by atoms with van der Waals surface area (Å²) in [5.41, 5.74) is 0.936. The highest BCUT2D eigenvalue weighted by atomic mass is 32.2. The van der Waals surface area contributed by atoms with Gasteiger partial charge in [0.25, 0.3) is 0 Å². The van der Waals surface area contributed by atoms with Crippen molar-refractivity contribution >= 4 is 44.4 Å². The average Bonchev–Trinajstić information content (AvgIpc) is 2.68. The van der Waals surface area contributed by atoms with Crippen LogP contribution in [0.15, 0.2) is 24.3 Å². The van der Waals surface area contributed by atoms with Crippen LogP contribution in [0, 0.1) is 0 Å². The van der Waals surface area contributed by atoms with Gasteiger partial charge in [0.1, 0.15) is 0 Å². The number of benzene rings is 1. The molecule has 3 nitrogen and oxygen atoms in total. The summed E-state index contributed by atoms with van der Waals surface area (Å²) in [6, 6.07) is 7.87. The van der Waals surface area contributed by atoms with E-state index in [0.717, 1.165) is 16.0 Å². The molecular formula is C11H12N2OS2. The van der Waals surface area contributed by atoms with Crippen molar-refractivity contribution in [2.45, 2.75) is 6.92 Å². The van der Waals surface area contributed by atoms with Crippen molar-refractivity contribution in [2.75, 3.05) is 16.8 Å². The van der Waals surface area contributed by atoms with Crippen molar-refractivity contribution in [3.05, 3.63) is 24.3 Å². The second-order valence-electron chi connectivity index (χ2n) is 3.17. The number of carbonyl (C=O) groups is 1. The second-order valence-corrected chi connectivity index (χ2v) is 5.48. The van der Waals surface area contributed by atoms with Crippen molar-refractivity contribution in [2.24, 2.45) is 0 Å². The molecule has 0 radical (unpaired) electrons. The molecule has 84 valence electrons. The molecule has 2 rings (SSSR count). The number of aromatic nitrogens is 1. The van der Waals surface area contributed by atoms with Gasteiger partial charge in [0, 0.05) is 0 Å². The maximum absolute atomic E-state index is 11.5. The summed E-state index contributed by atoms with van der Waals surface area (Å²) in [5.74, 6) is 1.46. The summed E-state index contributed by atoms with van der Waals surface area (Å²) < 4.78 is 1.10. The first-order valence-electron chi connectivity index (χ1n) is 5.02. The highest BCUT2D eigenvalue weighted by Gasteiger charge is 2.06. The van der Waals surface area contributed by atoms with Crippen molar-refractivity contribution < 1.29 is 4.79 Å². The molecule has 0 bridgehead atoms. The van der Waals surface area contributed by atoms with Crippen molar-refractivity contribution in [3.8, 4) is 0 Å². The number of carbonyl (C=O) groups excluding carboxylic acids is 1. The van der Waals surface area contributed by atoms with Crippen LogP contribution in [0.5, 0.6) is 0 Å². The van der Waals surface area contributed by atoms with Gasteiger partial charge < -0.3 is 5.32 Å². The summed E-state index contributed by atoms with van der Waals surface area (Å²) in [5, 5.41) is 3.50. The third-order valence-electron chi connectivity index (χ3n) is 1.98. The van der Waals surface area contributed by atoms with E-state index in [9.17, 15) is 4.79 Å². The lowest BCUT2D eigenvalue weighted by atomic mass is 10.3. The molecule has 1 amide bonds. The Morgan fingerprint density at radius 3 is 3.06 bits per heavy atom. The molecule has 2 aromatic rings. The Hall–Kier alpha value is -1.07. The number of anilines is 1. The number of thioether (sulfide) groups is 1. The predicted molar refractivity (Wildman–Crippen MR) is 71.2 cm³/mol. The van der Waals surface area contributed by atoms with E-state index < -0.39 is 0 Å². The molecule has 0 unspecified atom stereocenters. The number of hydrogen-bond donors (Lipinski definition) is 1. The van der Waals surface area contributed by atoms with E-state index in [4.69, 9.17) is 0 Å². The first kappa shape index (κ1) is 11.4. The van der Waals surface area contributed by atoms with Crippen LogP contribution in [0.25, 0.3) is 10.2 Å². The van der Waals surface area contributed by atoms with Crippen molar-refractivity contribution in [3.63, 3.8) is 0 Å². The van der Waals surface area contributed by atoms with E-state index >= 15 is 0 Å². The van der Waals surface area contributed by atoms with Crippen LogP contribution in [0.3, 0.4) is 0 Å². The van der Waals surface area contributed by atoms with Crippen LogP contribution < -0.4 is 5.32 Å². The Morgan fingerprint density at radius 2 is 2.31 bits per heavy atom. The monoisotopic (exact) mass is 252 g/mol. The first-order valence-corrected chi connectivity index (χ1v) is 7.00. The quantitative estimate of drug-likeness (QED) is 0.909. The highest BCUT2D eigenvalue weighted by molar-refractivity contribution is 7.99. The summed E-state index contributed by atoms with van der Waals surface area (Å²) >= 11 is 3.11. The minimum absolute atomic E-state index is 0.0194. The van der Waals surface area contributed by atoms with Crippen LogP contribution in [0.1, 0.15) is 6.92 Å². The van der Waals surface area contributed by atoms with Gasteiger partial charge in [0.2, 0.25) is 5.91 Å². The van der Waals surface area contributed by atoms with Crippen LogP contribution >= 0.6 is 23.1 Å². The lowest BCUT2D eigenvalue weighted by Crippen LogP contribution is -2.13. The fraction of sp³-hybridized carbons (Fsp3) is 0.273. The maximum Gasteiger partial charge on any atom is 0.236 e. The molecule has 1 heterocycles. The van der Waals surface area contributed by atoms with Crippen molar-refractivity contribution in [1.29, 1.82) is 0 Å². The molecule has 0 saturated carbocycles. The Bertz CT molecular complexity index is 462. The minimum atomic E-state index is 0.0194. The molecule has 0 saturated heterocycles. The lowest BCUT2D eigenvalue weighted by molar-refractivity contribution is -0.113. The Kier molecular flexibility index (Phi) is 3.79. The zero-order chi connectivity index (χ0) is 11.4. The zero-order valence-electron chi connectivity index (χ0n) is 8.90. The molecule has 0 aliphatic rings. The molecule has 0 aliphatic heterocycles. The molecule has 1 aromatic carbocycles. The van der Waals surface area contributed by atoms with Gasteiger partial charge in [-0.25, -0.2) is 4.98 Å². The molecule has 5 heteroatoms. The van der Waals surface area contributed by atoms with E-state index in [1.165, 1.54) is 11.3 Å². The van der Waals surface area contributed by atoms with E-state index in [2.05, 4.69) is 10.3 Å². The van der Waals surface area contributed by atoms with Gasteiger partial charge in [-0.15, -0.1) is 0 Å². The number of fused-ring (bicyclic) bond motifs is 1. The van der Waals surface area contributed by atoms with Gasteiger partial charge in [0.05, 0.1) is 16.0 Å². The lowest BCUT2D eigenvalue weighted by Gasteiger charge is -1.98. The number of amides is 1.